The molecule has 2 aromatic rings. The van der Waals surface area contributed by atoms with Crippen LogP contribution in [0.15, 0.2) is 60.7 Å². The number of nitrogens with zero attached hydrogens (tertiary/aromatic N) is 1. The van der Waals surface area contributed by atoms with Crippen LogP contribution in [0.2, 0.25) is 10.0 Å². The lowest BCUT2D eigenvalue weighted by Gasteiger charge is -2.22. The molecule has 0 spiro atoms. The largest absolute Gasteiger partial charge is 0.306 e. The Bertz CT molecular complexity index is 811. The first kappa shape index (κ1) is 17.9. The fourth-order valence-electron chi connectivity index (χ4n) is 2.00. The van der Waals surface area contributed by atoms with Gasteiger partial charge in [-0.25, -0.2) is 4.90 Å². The number of hydrogen-bond acceptors (Lipinski definition) is 3. The molecule has 0 saturated carbocycles. The predicted octanol–water partition coefficient (Wildman–Crippen LogP) is 4.31. The third-order valence-corrected chi connectivity index (χ3v) is 3.77. The molecular weight excluding hydrogens is 349 g/mol. The van der Waals surface area contributed by atoms with Crippen molar-refractivity contribution in [2.75, 3.05) is 4.90 Å². The molecular formula is C18H13Cl2NO3. The first-order chi connectivity index (χ1) is 11.3. The van der Waals surface area contributed by atoms with Gasteiger partial charge in [0.15, 0.2) is 0 Å². The van der Waals surface area contributed by atoms with Crippen molar-refractivity contribution < 1.29 is 14.4 Å². The van der Waals surface area contributed by atoms with Gasteiger partial charge in [-0.3, -0.25) is 14.4 Å². The summed E-state index contributed by atoms with van der Waals surface area (Å²) in [4.78, 5) is 38.3. The second-order valence-electron chi connectivity index (χ2n) is 4.99. The Labute approximate surface area is 149 Å². The predicted molar refractivity (Wildman–Crippen MR) is 94.5 cm³/mol. The maximum atomic E-state index is 12.7. The minimum atomic E-state index is -1.05. The normalized spacial score (nSPS) is 10.1. The molecule has 0 fully saturated rings. The van der Waals surface area contributed by atoms with Gasteiger partial charge >= 0.3 is 5.91 Å². The number of halogens is 2. The molecule has 0 atom stereocenters. The quantitative estimate of drug-likeness (QED) is 0.463. The van der Waals surface area contributed by atoms with Crippen LogP contribution >= 0.6 is 23.2 Å². The number of carbonyl (C=O) groups is 3. The lowest BCUT2D eigenvalue weighted by Crippen LogP contribution is -2.42. The summed E-state index contributed by atoms with van der Waals surface area (Å²) in [6.45, 7) is 4.97. The number of para-hydroxylation sites is 1. The molecule has 0 heterocycles. The molecule has 122 valence electrons. The van der Waals surface area contributed by atoms with Crippen molar-refractivity contribution >= 4 is 46.5 Å². The second kappa shape index (κ2) is 7.43. The first-order valence-corrected chi connectivity index (χ1v) is 7.68. The van der Waals surface area contributed by atoms with Crippen LogP contribution in [0.5, 0.6) is 0 Å². The number of carbonyl (C=O) groups excluding carboxylic acids is 3. The Morgan fingerprint density at radius 3 is 1.92 bits per heavy atom. The SMILES string of the molecule is C=C(C)C(=O)N(C(=O)C(=O)c1ccccc1)c1c(Cl)cccc1Cl. The second-order valence-corrected chi connectivity index (χ2v) is 5.81. The fraction of sp³-hybridized carbons (Fsp3) is 0.0556. The third kappa shape index (κ3) is 3.55. The van der Waals surface area contributed by atoms with E-state index in [0.717, 1.165) is 0 Å². The summed E-state index contributed by atoms with van der Waals surface area (Å²) in [5.74, 6) is -2.65. The maximum absolute atomic E-state index is 12.7. The van der Waals surface area contributed by atoms with Gasteiger partial charge in [-0.05, 0) is 19.1 Å². The van der Waals surface area contributed by atoms with Crippen molar-refractivity contribution in [3.05, 3.63) is 76.3 Å². The van der Waals surface area contributed by atoms with E-state index in [-0.39, 0.29) is 26.9 Å². The number of rotatable bonds is 4. The molecule has 2 amide bonds. The van der Waals surface area contributed by atoms with Gasteiger partial charge in [-0.1, -0.05) is 66.2 Å². The van der Waals surface area contributed by atoms with Gasteiger partial charge in [-0.15, -0.1) is 0 Å². The smallest absolute Gasteiger partial charge is 0.283 e. The number of benzene rings is 2. The molecule has 0 aliphatic carbocycles. The van der Waals surface area contributed by atoms with E-state index in [4.69, 9.17) is 23.2 Å². The molecule has 0 N–H and O–H groups in total. The summed E-state index contributed by atoms with van der Waals surface area (Å²) in [5.41, 5.74) is 0.188. The monoisotopic (exact) mass is 361 g/mol. The number of amides is 2. The Kier molecular flexibility index (Phi) is 5.54. The molecule has 2 aromatic carbocycles. The zero-order valence-corrected chi connectivity index (χ0v) is 14.3. The van der Waals surface area contributed by atoms with Gasteiger partial charge < -0.3 is 0 Å². The average molecular weight is 362 g/mol. The number of hydrogen-bond donors (Lipinski definition) is 0. The molecule has 0 saturated heterocycles. The Morgan fingerprint density at radius 2 is 1.42 bits per heavy atom. The Balaban J connectivity index is 2.56. The molecule has 0 radical (unpaired) electrons. The molecule has 0 unspecified atom stereocenters. The van der Waals surface area contributed by atoms with Crippen molar-refractivity contribution in [2.45, 2.75) is 6.92 Å². The summed E-state index contributed by atoms with van der Waals surface area (Å²) >= 11 is 12.2. The van der Waals surface area contributed by atoms with Crippen LogP contribution in [-0.2, 0) is 9.59 Å². The maximum Gasteiger partial charge on any atom is 0.306 e. The van der Waals surface area contributed by atoms with Crippen LogP contribution in [-0.4, -0.2) is 17.6 Å². The van der Waals surface area contributed by atoms with Crippen molar-refractivity contribution in [2.24, 2.45) is 0 Å². The average Bonchev–Trinajstić information content (AvgIpc) is 2.57. The minimum absolute atomic E-state index is 0.0388. The number of imide groups is 1. The summed E-state index contributed by atoms with van der Waals surface area (Å²) in [7, 11) is 0. The summed E-state index contributed by atoms with van der Waals surface area (Å²) < 4.78 is 0. The Hall–Kier alpha value is -2.43. The van der Waals surface area contributed by atoms with Crippen molar-refractivity contribution in [3.8, 4) is 0 Å². The van der Waals surface area contributed by atoms with Crippen LogP contribution in [0.3, 0.4) is 0 Å². The number of anilines is 1. The van der Waals surface area contributed by atoms with E-state index in [0.29, 0.717) is 4.90 Å². The van der Waals surface area contributed by atoms with Gasteiger partial charge in [0.25, 0.3) is 11.7 Å². The highest BCUT2D eigenvalue weighted by Crippen LogP contribution is 2.34. The van der Waals surface area contributed by atoms with E-state index in [2.05, 4.69) is 6.58 Å². The van der Waals surface area contributed by atoms with Gasteiger partial charge in [0, 0.05) is 11.1 Å². The highest BCUT2D eigenvalue weighted by atomic mass is 35.5. The third-order valence-electron chi connectivity index (χ3n) is 3.16. The van der Waals surface area contributed by atoms with Crippen molar-refractivity contribution in [1.29, 1.82) is 0 Å². The number of Topliss-reactive ketones (excluding diaryl/α,β-unsaturated/α-hetero) is 1. The standard InChI is InChI=1S/C18H13Cl2NO3/c1-11(2)17(23)21(15-13(19)9-6-10-14(15)20)18(24)16(22)12-7-4-3-5-8-12/h3-10H,1H2,2H3. The summed E-state index contributed by atoms with van der Waals surface area (Å²) in [5, 5.41) is 0.151. The molecule has 4 nitrogen and oxygen atoms in total. The van der Waals surface area contributed by atoms with Gasteiger partial charge in [0.05, 0.1) is 15.7 Å². The summed E-state index contributed by atoms with van der Waals surface area (Å²) in [6, 6.07) is 12.4. The van der Waals surface area contributed by atoms with Crippen LogP contribution in [0, 0.1) is 0 Å². The van der Waals surface area contributed by atoms with Crippen LogP contribution in [0.25, 0.3) is 0 Å². The van der Waals surface area contributed by atoms with E-state index in [1.54, 1.807) is 24.3 Å². The van der Waals surface area contributed by atoms with Gasteiger partial charge in [-0.2, -0.15) is 0 Å². The highest BCUT2D eigenvalue weighted by molar-refractivity contribution is 6.53. The van der Waals surface area contributed by atoms with Crippen molar-refractivity contribution in [3.63, 3.8) is 0 Å². The van der Waals surface area contributed by atoms with Gasteiger partial charge in [0.2, 0.25) is 0 Å². The lowest BCUT2D eigenvalue weighted by molar-refractivity contribution is -0.122. The van der Waals surface area contributed by atoms with Crippen LogP contribution in [0.1, 0.15) is 17.3 Å². The van der Waals surface area contributed by atoms with E-state index < -0.39 is 17.6 Å². The number of ketones is 1. The first-order valence-electron chi connectivity index (χ1n) is 6.92. The topological polar surface area (TPSA) is 54.5 Å². The molecule has 0 aliphatic rings. The lowest BCUT2D eigenvalue weighted by atomic mass is 10.1. The fourth-order valence-corrected chi connectivity index (χ4v) is 2.57. The molecule has 24 heavy (non-hydrogen) atoms. The van der Waals surface area contributed by atoms with Crippen LogP contribution in [0.4, 0.5) is 5.69 Å². The molecule has 2 rings (SSSR count). The molecule has 0 aliphatic heterocycles. The molecule has 0 aromatic heterocycles. The Morgan fingerprint density at radius 1 is 0.875 bits per heavy atom. The molecule has 6 heteroatoms. The molecule has 0 bridgehead atoms. The summed E-state index contributed by atoms with van der Waals surface area (Å²) in [6.07, 6.45) is 0. The van der Waals surface area contributed by atoms with E-state index in [1.165, 1.54) is 31.2 Å². The zero-order chi connectivity index (χ0) is 17.9. The van der Waals surface area contributed by atoms with E-state index in [1.807, 2.05) is 0 Å². The highest BCUT2D eigenvalue weighted by Gasteiger charge is 2.32. The zero-order valence-electron chi connectivity index (χ0n) is 12.8. The van der Waals surface area contributed by atoms with E-state index >= 15 is 0 Å². The van der Waals surface area contributed by atoms with Crippen molar-refractivity contribution in [1.82, 2.24) is 0 Å². The minimum Gasteiger partial charge on any atom is -0.283 e. The van der Waals surface area contributed by atoms with Crippen LogP contribution < -0.4 is 4.90 Å². The van der Waals surface area contributed by atoms with E-state index in [9.17, 15) is 14.4 Å². The van der Waals surface area contributed by atoms with Gasteiger partial charge in [0.1, 0.15) is 0 Å².